The highest BCUT2D eigenvalue weighted by molar-refractivity contribution is 5.51. The van der Waals surface area contributed by atoms with Crippen molar-refractivity contribution in [2.75, 3.05) is 0 Å². The van der Waals surface area contributed by atoms with Crippen LogP contribution in [-0.4, -0.2) is 10.2 Å². The minimum absolute atomic E-state index is 0.0209. The van der Waals surface area contributed by atoms with E-state index >= 15 is 0 Å². The summed E-state index contributed by atoms with van der Waals surface area (Å²) >= 11 is 0. The molecule has 0 aliphatic carbocycles. The molecule has 3 aromatic rings. The third-order valence-corrected chi connectivity index (χ3v) is 3.41. The summed E-state index contributed by atoms with van der Waals surface area (Å²) in [6.45, 7) is -0.488. The molecule has 0 radical (unpaired) electrons. The minimum atomic E-state index is -4.95. The molecule has 0 atom stereocenters. The van der Waals surface area contributed by atoms with Gasteiger partial charge in [0.25, 0.3) is 5.89 Å². The normalized spacial score (nSPS) is 12.2. The molecular weight excluding hydrogens is 378 g/mol. The van der Waals surface area contributed by atoms with Gasteiger partial charge in [0.05, 0.1) is 11.1 Å². The zero-order valence-electron chi connectivity index (χ0n) is 13.3. The van der Waals surface area contributed by atoms with Crippen LogP contribution < -0.4 is 4.74 Å². The smallest absolute Gasteiger partial charge is 0.416 e. The third kappa shape index (κ3) is 4.57. The fraction of sp³-hybridized carbons (Fsp3) is 0.176. The largest absolute Gasteiger partial charge is 0.484 e. The highest BCUT2D eigenvalue weighted by Crippen LogP contribution is 2.38. The highest BCUT2D eigenvalue weighted by atomic mass is 19.4. The molecule has 0 amide bonds. The molecule has 0 fully saturated rings. The van der Waals surface area contributed by atoms with Crippen LogP contribution in [0.15, 0.2) is 52.9 Å². The maximum absolute atomic E-state index is 12.8. The quantitative estimate of drug-likeness (QED) is 0.565. The second kappa shape index (κ2) is 6.93. The molecule has 10 heteroatoms. The molecule has 4 nitrogen and oxygen atoms in total. The lowest BCUT2D eigenvalue weighted by Crippen LogP contribution is -2.11. The average Bonchev–Trinajstić information content (AvgIpc) is 3.08. The van der Waals surface area contributed by atoms with Crippen LogP contribution in [0.5, 0.6) is 5.75 Å². The van der Waals surface area contributed by atoms with E-state index in [4.69, 9.17) is 9.15 Å². The van der Waals surface area contributed by atoms with Gasteiger partial charge >= 0.3 is 12.4 Å². The molecule has 0 saturated heterocycles. The first-order valence-corrected chi connectivity index (χ1v) is 7.43. The molecule has 0 aliphatic heterocycles. The Hall–Kier alpha value is -3.04. The van der Waals surface area contributed by atoms with E-state index in [-0.39, 0.29) is 17.8 Å². The van der Waals surface area contributed by atoms with Crippen molar-refractivity contribution in [2.45, 2.75) is 19.0 Å². The standard InChI is InChI=1S/C17H10F6N2O2/c18-16(19,20)11-6-12(17(21,22)23)8-13(7-11)26-9-14-24-25-15(27-14)10-4-2-1-3-5-10/h1-8H,9H2. The van der Waals surface area contributed by atoms with Crippen molar-refractivity contribution >= 4 is 0 Å². The maximum atomic E-state index is 12.8. The molecule has 0 bridgehead atoms. The average molecular weight is 388 g/mol. The monoisotopic (exact) mass is 388 g/mol. The van der Waals surface area contributed by atoms with Crippen molar-refractivity contribution in [3.8, 4) is 17.2 Å². The number of benzene rings is 2. The van der Waals surface area contributed by atoms with E-state index in [9.17, 15) is 26.3 Å². The fourth-order valence-electron chi connectivity index (χ4n) is 2.16. The van der Waals surface area contributed by atoms with Gasteiger partial charge in [-0.1, -0.05) is 18.2 Å². The van der Waals surface area contributed by atoms with E-state index in [0.29, 0.717) is 17.7 Å². The summed E-state index contributed by atoms with van der Waals surface area (Å²) in [7, 11) is 0. The van der Waals surface area contributed by atoms with Crippen molar-refractivity contribution in [2.24, 2.45) is 0 Å². The van der Waals surface area contributed by atoms with Gasteiger partial charge in [-0.15, -0.1) is 10.2 Å². The number of alkyl halides is 6. The number of hydrogen-bond acceptors (Lipinski definition) is 4. The zero-order valence-corrected chi connectivity index (χ0v) is 13.3. The summed E-state index contributed by atoms with van der Waals surface area (Å²) < 4.78 is 87.3. The first kappa shape index (κ1) is 18.7. The number of rotatable bonds is 4. The van der Waals surface area contributed by atoms with Crippen LogP contribution in [0.1, 0.15) is 17.0 Å². The summed E-state index contributed by atoms with van der Waals surface area (Å²) in [6.07, 6.45) is -9.91. The zero-order chi connectivity index (χ0) is 19.7. The Kier molecular flexibility index (Phi) is 4.81. The Bertz CT molecular complexity index is 887. The van der Waals surface area contributed by atoms with Gasteiger partial charge in [0.15, 0.2) is 6.61 Å². The summed E-state index contributed by atoms with van der Waals surface area (Å²) in [5, 5.41) is 7.42. The van der Waals surface area contributed by atoms with E-state index in [0.717, 1.165) is 0 Å². The van der Waals surface area contributed by atoms with E-state index in [1.54, 1.807) is 30.3 Å². The number of ether oxygens (including phenoxy) is 1. The van der Waals surface area contributed by atoms with Gasteiger partial charge in [-0.3, -0.25) is 0 Å². The molecule has 1 heterocycles. The molecule has 0 saturated carbocycles. The molecule has 3 rings (SSSR count). The predicted molar refractivity (Wildman–Crippen MR) is 80.5 cm³/mol. The Balaban J connectivity index is 1.81. The van der Waals surface area contributed by atoms with Gasteiger partial charge in [0, 0.05) is 5.56 Å². The molecule has 1 aromatic heterocycles. The van der Waals surface area contributed by atoms with Crippen molar-refractivity contribution in [1.29, 1.82) is 0 Å². The Labute approximate surface area is 148 Å². The molecule has 27 heavy (non-hydrogen) atoms. The van der Waals surface area contributed by atoms with Crippen LogP contribution in [0.2, 0.25) is 0 Å². The topological polar surface area (TPSA) is 48.2 Å². The van der Waals surface area contributed by atoms with Gasteiger partial charge in [-0.2, -0.15) is 26.3 Å². The number of nitrogens with zero attached hydrogens (tertiary/aromatic N) is 2. The van der Waals surface area contributed by atoms with Crippen LogP contribution in [0, 0.1) is 0 Å². The van der Waals surface area contributed by atoms with Crippen LogP contribution >= 0.6 is 0 Å². The summed E-state index contributed by atoms with van der Waals surface area (Å²) in [6, 6.07) is 9.60. The fourth-order valence-corrected chi connectivity index (χ4v) is 2.16. The van der Waals surface area contributed by atoms with Gasteiger partial charge < -0.3 is 9.15 Å². The second-order valence-corrected chi connectivity index (χ2v) is 5.40. The van der Waals surface area contributed by atoms with Crippen molar-refractivity contribution in [1.82, 2.24) is 10.2 Å². The van der Waals surface area contributed by atoms with Gasteiger partial charge in [-0.25, -0.2) is 0 Å². The first-order chi connectivity index (χ1) is 12.6. The van der Waals surface area contributed by atoms with Crippen molar-refractivity contribution < 1.29 is 35.5 Å². The van der Waals surface area contributed by atoms with Crippen LogP contribution in [0.25, 0.3) is 11.5 Å². The molecular formula is C17H10F6N2O2. The van der Waals surface area contributed by atoms with E-state index < -0.39 is 35.8 Å². The molecule has 142 valence electrons. The highest BCUT2D eigenvalue weighted by Gasteiger charge is 2.37. The molecule has 0 aliphatic rings. The summed E-state index contributed by atoms with van der Waals surface area (Å²) in [5.41, 5.74) is -2.33. The molecule has 2 aromatic carbocycles. The predicted octanol–water partition coefficient (Wildman–Crippen LogP) is 5.35. The van der Waals surface area contributed by atoms with Crippen LogP contribution in [-0.2, 0) is 19.0 Å². The van der Waals surface area contributed by atoms with Crippen LogP contribution in [0.4, 0.5) is 26.3 Å². The number of hydrogen-bond donors (Lipinski definition) is 0. The van der Waals surface area contributed by atoms with Gasteiger partial charge in [0.2, 0.25) is 5.89 Å². The Morgan fingerprint density at radius 1 is 0.815 bits per heavy atom. The summed E-state index contributed by atoms with van der Waals surface area (Å²) in [4.78, 5) is 0. The Morgan fingerprint density at radius 3 is 1.96 bits per heavy atom. The SMILES string of the molecule is FC(F)(F)c1cc(OCc2nnc(-c3ccccc3)o2)cc(C(F)(F)F)c1. The number of halogens is 6. The first-order valence-electron chi connectivity index (χ1n) is 7.43. The van der Waals surface area contributed by atoms with Crippen LogP contribution in [0.3, 0.4) is 0 Å². The minimum Gasteiger partial charge on any atom is -0.484 e. The molecule has 0 unspecified atom stereocenters. The third-order valence-electron chi connectivity index (χ3n) is 3.41. The lowest BCUT2D eigenvalue weighted by atomic mass is 10.1. The van der Waals surface area contributed by atoms with E-state index in [1.165, 1.54) is 0 Å². The lowest BCUT2D eigenvalue weighted by Gasteiger charge is -2.14. The van der Waals surface area contributed by atoms with Gasteiger partial charge in [-0.05, 0) is 30.3 Å². The number of aromatic nitrogens is 2. The van der Waals surface area contributed by atoms with E-state index in [2.05, 4.69) is 10.2 Å². The maximum Gasteiger partial charge on any atom is 0.416 e. The molecule has 0 spiro atoms. The van der Waals surface area contributed by atoms with Crippen molar-refractivity contribution in [3.63, 3.8) is 0 Å². The lowest BCUT2D eigenvalue weighted by molar-refractivity contribution is -0.143. The Morgan fingerprint density at radius 2 is 1.41 bits per heavy atom. The van der Waals surface area contributed by atoms with Gasteiger partial charge in [0.1, 0.15) is 5.75 Å². The van der Waals surface area contributed by atoms with Crippen molar-refractivity contribution in [3.05, 3.63) is 65.5 Å². The second-order valence-electron chi connectivity index (χ2n) is 5.40. The molecule has 0 N–H and O–H groups in total. The van der Waals surface area contributed by atoms with E-state index in [1.807, 2.05) is 0 Å². The summed E-state index contributed by atoms with van der Waals surface area (Å²) in [5.74, 6) is -0.564.